The summed E-state index contributed by atoms with van der Waals surface area (Å²) in [6.07, 6.45) is 0.433. The predicted octanol–water partition coefficient (Wildman–Crippen LogP) is 2.90. The van der Waals surface area contributed by atoms with E-state index >= 15 is 0 Å². The Kier molecular flexibility index (Phi) is 4.32. The van der Waals surface area contributed by atoms with Gasteiger partial charge in [0.15, 0.2) is 0 Å². The molecule has 1 saturated carbocycles. The van der Waals surface area contributed by atoms with Crippen LogP contribution in [0, 0.1) is 0 Å². The molecular formula is C18H19F3N4O2. The van der Waals surface area contributed by atoms with Gasteiger partial charge in [-0.05, 0) is 24.5 Å². The van der Waals surface area contributed by atoms with Gasteiger partial charge in [0, 0.05) is 30.4 Å². The molecule has 0 radical (unpaired) electrons. The summed E-state index contributed by atoms with van der Waals surface area (Å²) in [7, 11) is 0. The number of pyridine rings is 1. The molecule has 4 rings (SSSR count). The van der Waals surface area contributed by atoms with E-state index in [-0.39, 0.29) is 18.2 Å². The van der Waals surface area contributed by atoms with Crippen LogP contribution in [0.3, 0.4) is 0 Å². The van der Waals surface area contributed by atoms with Crippen LogP contribution in [0.1, 0.15) is 48.0 Å². The van der Waals surface area contributed by atoms with Crippen molar-refractivity contribution in [1.82, 2.24) is 20.2 Å². The van der Waals surface area contributed by atoms with E-state index in [9.17, 15) is 22.8 Å². The summed E-state index contributed by atoms with van der Waals surface area (Å²) < 4.78 is 39.6. The number of rotatable bonds is 4. The Balaban J connectivity index is 1.65. The molecule has 1 aliphatic carbocycles. The van der Waals surface area contributed by atoms with E-state index in [2.05, 4.69) is 15.3 Å². The Bertz CT molecular complexity index is 886. The highest BCUT2D eigenvalue weighted by atomic mass is 19.4. The first-order valence-electron chi connectivity index (χ1n) is 8.96. The smallest absolute Gasteiger partial charge is 0.352 e. The molecule has 27 heavy (non-hydrogen) atoms. The van der Waals surface area contributed by atoms with Crippen molar-refractivity contribution in [2.75, 3.05) is 0 Å². The predicted molar refractivity (Wildman–Crippen MR) is 90.8 cm³/mol. The molecule has 0 unspecified atom stereocenters. The van der Waals surface area contributed by atoms with Crippen molar-refractivity contribution in [3.63, 3.8) is 0 Å². The van der Waals surface area contributed by atoms with Gasteiger partial charge in [-0.1, -0.05) is 12.8 Å². The van der Waals surface area contributed by atoms with Gasteiger partial charge in [-0.2, -0.15) is 13.2 Å². The van der Waals surface area contributed by atoms with Gasteiger partial charge in [0.25, 0.3) is 5.91 Å². The Labute approximate surface area is 153 Å². The fraction of sp³-hybridized carbons (Fsp3) is 0.500. The van der Waals surface area contributed by atoms with Crippen molar-refractivity contribution in [1.29, 1.82) is 0 Å². The number of hydrogen-bond donors (Lipinski definition) is 2. The number of H-pyrrole nitrogens is 1. The van der Waals surface area contributed by atoms with Crippen LogP contribution in [-0.4, -0.2) is 44.9 Å². The molecule has 9 heteroatoms. The second kappa shape index (κ2) is 6.54. The molecule has 2 amide bonds. The van der Waals surface area contributed by atoms with Crippen LogP contribution < -0.4 is 5.32 Å². The number of nitrogens with one attached hydrogen (secondary N) is 2. The van der Waals surface area contributed by atoms with Crippen molar-refractivity contribution in [2.24, 2.45) is 0 Å². The van der Waals surface area contributed by atoms with E-state index in [1.54, 1.807) is 6.07 Å². The molecule has 3 heterocycles. The summed E-state index contributed by atoms with van der Waals surface area (Å²) in [5.74, 6) is -1.32. The van der Waals surface area contributed by atoms with Crippen LogP contribution in [0.4, 0.5) is 13.2 Å². The zero-order chi connectivity index (χ0) is 19.2. The Morgan fingerprint density at radius 2 is 2.11 bits per heavy atom. The van der Waals surface area contributed by atoms with Gasteiger partial charge in [-0.25, -0.2) is 4.98 Å². The highest BCUT2D eigenvalue weighted by Gasteiger charge is 2.43. The van der Waals surface area contributed by atoms with Gasteiger partial charge in [-0.3, -0.25) is 9.59 Å². The second-order valence-corrected chi connectivity index (χ2v) is 7.15. The van der Waals surface area contributed by atoms with Crippen LogP contribution in [0.5, 0.6) is 0 Å². The number of carbonyl (C=O) groups excluding carboxylic acids is 2. The zero-order valence-corrected chi connectivity index (χ0v) is 14.5. The van der Waals surface area contributed by atoms with Crippen molar-refractivity contribution < 1.29 is 22.8 Å². The molecule has 0 spiro atoms. The molecule has 2 aromatic rings. The quantitative estimate of drug-likeness (QED) is 0.856. The fourth-order valence-corrected chi connectivity index (χ4v) is 4.02. The summed E-state index contributed by atoms with van der Waals surface area (Å²) in [4.78, 5) is 33.6. The normalized spacial score (nSPS) is 18.9. The first-order chi connectivity index (χ1) is 12.8. The average molecular weight is 380 g/mol. The topological polar surface area (TPSA) is 78.1 Å². The fourth-order valence-electron chi connectivity index (χ4n) is 4.02. The van der Waals surface area contributed by atoms with Crippen LogP contribution in [0.15, 0.2) is 18.5 Å². The minimum atomic E-state index is -4.57. The first kappa shape index (κ1) is 17.8. The maximum Gasteiger partial charge on any atom is 0.391 e. The molecule has 1 fully saturated rings. The van der Waals surface area contributed by atoms with Crippen molar-refractivity contribution in [3.8, 4) is 0 Å². The van der Waals surface area contributed by atoms with Crippen molar-refractivity contribution in [2.45, 2.75) is 56.9 Å². The van der Waals surface area contributed by atoms with Gasteiger partial charge in [-0.15, -0.1) is 0 Å². The molecule has 2 N–H and O–H groups in total. The lowest BCUT2D eigenvalue weighted by Gasteiger charge is -2.34. The molecule has 6 nitrogen and oxygen atoms in total. The number of amides is 2. The highest BCUT2D eigenvalue weighted by molar-refractivity contribution is 6.10. The van der Waals surface area contributed by atoms with Crippen molar-refractivity contribution >= 4 is 22.8 Å². The number of hydrogen-bond acceptors (Lipinski definition) is 3. The maximum absolute atomic E-state index is 13.2. The minimum absolute atomic E-state index is 0.0540. The lowest BCUT2D eigenvalue weighted by Crippen LogP contribution is -2.53. The summed E-state index contributed by atoms with van der Waals surface area (Å²) in [6, 6.07) is -0.0496. The van der Waals surface area contributed by atoms with Crippen molar-refractivity contribution in [3.05, 3.63) is 29.6 Å². The molecular weight excluding hydrogens is 361 g/mol. The number of alkyl halides is 3. The van der Waals surface area contributed by atoms with Gasteiger partial charge in [0.2, 0.25) is 5.91 Å². The third kappa shape index (κ3) is 3.38. The van der Waals surface area contributed by atoms with Crippen LogP contribution >= 0.6 is 0 Å². The number of nitrogens with zero attached hydrogens (tertiary/aromatic N) is 2. The van der Waals surface area contributed by atoms with E-state index < -0.39 is 30.5 Å². The first-order valence-corrected chi connectivity index (χ1v) is 8.96. The van der Waals surface area contributed by atoms with E-state index in [0.29, 0.717) is 16.6 Å². The highest BCUT2D eigenvalue weighted by Crippen LogP contribution is 2.33. The van der Waals surface area contributed by atoms with Gasteiger partial charge >= 0.3 is 6.18 Å². The summed E-state index contributed by atoms with van der Waals surface area (Å²) >= 11 is 0. The lowest BCUT2D eigenvalue weighted by molar-refractivity contribution is -0.156. The third-order valence-electron chi connectivity index (χ3n) is 5.30. The molecule has 0 saturated heterocycles. The number of aromatic nitrogens is 2. The molecule has 1 aliphatic heterocycles. The third-order valence-corrected chi connectivity index (χ3v) is 5.30. The van der Waals surface area contributed by atoms with E-state index in [1.165, 1.54) is 12.4 Å². The summed E-state index contributed by atoms with van der Waals surface area (Å²) in [5, 5.41) is 3.32. The van der Waals surface area contributed by atoms with Gasteiger partial charge in [0.05, 0.1) is 12.0 Å². The van der Waals surface area contributed by atoms with Gasteiger partial charge < -0.3 is 15.2 Å². The SMILES string of the molecule is O=C(NC1CCCC1)[C@@H](CC(F)(F)F)N1Cc2ccnc3[nH]cc(c23)C1=O. The molecule has 0 bridgehead atoms. The number of carbonyl (C=O) groups is 2. The molecule has 1 atom stereocenters. The van der Waals surface area contributed by atoms with Crippen LogP contribution in [-0.2, 0) is 11.3 Å². The van der Waals surface area contributed by atoms with E-state index in [0.717, 1.165) is 30.6 Å². The standard InChI is InChI=1S/C18H19F3N4O2/c19-18(20,21)7-13(16(26)24-11-3-1-2-4-11)25-9-10-5-6-22-15-14(10)12(8-23-15)17(25)27/h5-6,8,11,13H,1-4,7,9H2,(H,22,23)(H,24,26)/t13-/m1/s1. The van der Waals surface area contributed by atoms with Crippen LogP contribution in [0.2, 0.25) is 0 Å². The average Bonchev–Trinajstić information content (AvgIpc) is 3.26. The number of halogens is 3. The largest absolute Gasteiger partial charge is 0.391 e. The summed E-state index contributed by atoms with van der Waals surface area (Å²) in [6.45, 7) is -0.0540. The lowest BCUT2D eigenvalue weighted by atomic mass is 9.99. The Morgan fingerprint density at radius 3 is 2.81 bits per heavy atom. The minimum Gasteiger partial charge on any atom is -0.352 e. The monoisotopic (exact) mass is 380 g/mol. The zero-order valence-electron chi connectivity index (χ0n) is 14.5. The molecule has 2 aliphatic rings. The molecule has 144 valence electrons. The molecule has 2 aromatic heterocycles. The Hall–Kier alpha value is -2.58. The maximum atomic E-state index is 13.2. The van der Waals surface area contributed by atoms with Crippen LogP contribution in [0.25, 0.3) is 11.0 Å². The second-order valence-electron chi connectivity index (χ2n) is 7.15. The van der Waals surface area contributed by atoms with E-state index in [4.69, 9.17) is 0 Å². The number of aromatic amines is 1. The van der Waals surface area contributed by atoms with E-state index in [1.807, 2.05) is 0 Å². The Morgan fingerprint density at radius 1 is 1.37 bits per heavy atom. The summed E-state index contributed by atoms with van der Waals surface area (Å²) in [5.41, 5.74) is 1.44. The molecule has 0 aromatic carbocycles. The van der Waals surface area contributed by atoms with Gasteiger partial charge in [0.1, 0.15) is 11.7 Å².